The molecule has 0 radical (unpaired) electrons. The second-order valence-corrected chi connectivity index (χ2v) is 8.67. The highest BCUT2D eigenvalue weighted by Gasteiger charge is 2.37. The van der Waals surface area contributed by atoms with Gasteiger partial charge in [0.2, 0.25) is 0 Å². The summed E-state index contributed by atoms with van der Waals surface area (Å²) in [5.41, 5.74) is 12.2. The molecular weight excluding hydrogens is 437 g/mol. The van der Waals surface area contributed by atoms with Gasteiger partial charge >= 0.3 is 19.5 Å². The number of aliphatic carboxylic acids is 1. The van der Waals surface area contributed by atoms with Gasteiger partial charge in [0.25, 0.3) is 0 Å². The molecule has 0 bridgehead atoms. The molecule has 7 N–H and O–H groups in total. The van der Waals surface area contributed by atoms with Crippen LogP contribution >= 0.6 is 7.60 Å². The topological polar surface area (TPSA) is 222 Å². The van der Waals surface area contributed by atoms with Gasteiger partial charge < -0.3 is 45.1 Å². The molecule has 1 aliphatic rings. The van der Waals surface area contributed by atoms with Crippen LogP contribution in [-0.4, -0.2) is 72.8 Å². The average Bonchev–Trinajstić information content (AvgIpc) is 3.28. The van der Waals surface area contributed by atoms with E-state index >= 15 is 0 Å². The maximum absolute atomic E-state index is 12.1. The zero-order chi connectivity index (χ0) is 22.8. The Hall–Kier alpha value is -2.61. The molecule has 0 aliphatic carbocycles. The highest BCUT2D eigenvalue weighted by molar-refractivity contribution is 7.52. The van der Waals surface area contributed by atoms with E-state index in [0.717, 1.165) is 0 Å². The Balaban J connectivity index is 1.54. The Kier molecular flexibility index (Phi) is 6.89. The first kappa shape index (κ1) is 23.1. The summed E-state index contributed by atoms with van der Waals surface area (Å²) in [6.07, 6.45) is -1.13. The van der Waals surface area contributed by atoms with Crippen molar-refractivity contribution >= 4 is 36.4 Å². The number of anilines is 1. The van der Waals surface area contributed by atoms with Crippen molar-refractivity contribution < 1.29 is 43.3 Å². The van der Waals surface area contributed by atoms with Crippen LogP contribution in [0, 0.1) is 0 Å². The number of nitrogen functional groups attached to an aromatic ring is 1. The first-order valence-electron chi connectivity index (χ1n) is 9.08. The number of aliphatic hydroxyl groups excluding tert-OH is 1. The normalized spacial score (nSPS) is 24.0. The van der Waals surface area contributed by atoms with Crippen LogP contribution in [0.4, 0.5) is 5.82 Å². The van der Waals surface area contributed by atoms with Crippen molar-refractivity contribution in [3.63, 3.8) is 0 Å². The molecule has 0 spiro atoms. The maximum Gasteiger partial charge on any atom is 0.365 e. The molecule has 14 nitrogen and oxygen atoms in total. The third-order valence-corrected chi connectivity index (χ3v) is 5.55. The zero-order valence-corrected chi connectivity index (χ0v) is 17.0. The van der Waals surface area contributed by atoms with E-state index in [1.54, 1.807) is 10.6 Å². The number of nitrogens with zero attached hydrogens (tertiary/aromatic N) is 3. The lowest BCUT2D eigenvalue weighted by Gasteiger charge is -2.19. The summed E-state index contributed by atoms with van der Waals surface area (Å²) in [6.45, 7) is -0.458. The summed E-state index contributed by atoms with van der Waals surface area (Å²) in [5, 5.41) is 18.8. The van der Waals surface area contributed by atoms with Gasteiger partial charge in [-0.05, 0) is 6.07 Å². The largest absolute Gasteiger partial charge is 0.481 e. The van der Waals surface area contributed by atoms with Crippen LogP contribution in [-0.2, 0) is 28.2 Å². The van der Waals surface area contributed by atoms with Crippen molar-refractivity contribution in [1.82, 2.24) is 14.5 Å². The number of hydrogen-bond donors (Lipinski definition) is 5. The van der Waals surface area contributed by atoms with Crippen molar-refractivity contribution in [2.45, 2.75) is 37.3 Å². The summed E-state index contributed by atoms with van der Waals surface area (Å²) in [4.78, 5) is 40.0. The number of carboxylic acid groups (broad SMARTS) is 1. The van der Waals surface area contributed by atoms with Gasteiger partial charge in [-0.3, -0.25) is 14.2 Å². The molecule has 31 heavy (non-hydrogen) atoms. The smallest absolute Gasteiger partial charge is 0.365 e. The van der Waals surface area contributed by atoms with Crippen LogP contribution in [0.5, 0.6) is 0 Å². The van der Waals surface area contributed by atoms with Crippen LogP contribution in [0.1, 0.15) is 19.1 Å². The van der Waals surface area contributed by atoms with E-state index in [4.69, 9.17) is 25.8 Å². The number of hydrogen-bond acceptors (Lipinski definition) is 11. The third kappa shape index (κ3) is 5.55. The monoisotopic (exact) mass is 459 g/mol. The van der Waals surface area contributed by atoms with Crippen LogP contribution in [0.15, 0.2) is 18.6 Å². The first-order valence-corrected chi connectivity index (χ1v) is 10.8. The molecule has 0 saturated carbocycles. The summed E-state index contributed by atoms with van der Waals surface area (Å²) in [6, 6.07) is 0.205. The van der Waals surface area contributed by atoms with Gasteiger partial charge in [-0.2, -0.15) is 0 Å². The Morgan fingerprint density at radius 2 is 2.16 bits per heavy atom. The fourth-order valence-electron chi connectivity index (χ4n) is 3.00. The van der Waals surface area contributed by atoms with Gasteiger partial charge in [0.1, 0.15) is 23.9 Å². The number of carboxylic acids is 1. The number of rotatable bonds is 9. The number of aromatic nitrogens is 3. The molecule has 15 heteroatoms. The number of pyridine rings is 1. The molecule has 0 amide bonds. The number of ether oxygens (including phenoxy) is 2. The van der Waals surface area contributed by atoms with Crippen molar-refractivity contribution in [3.05, 3.63) is 18.6 Å². The summed E-state index contributed by atoms with van der Waals surface area (Å²) >= 11 is 0. The second kappa shape index (κ2) is 9.26. The number of carbonyl (C=O) groups is 2. The van der Waals surface area contributed by atoms with Crippen LogP contribution < -0.4 is 11.5 Å². The van der Waals surface area contributed by atoms with Gasteiger partial charge in [-0.1, -0.05) is 0 Å². The summed E-state index contributed by atoms with van der Waals surface area (Å²) < 4.78 is 28.9. The van der Waals surface area contributed by atoms with E-state index in [9.17, 15) is 24.2 Å². The Morgan fingerprint density at radius 3 is 2.87 bits per heavy atom. The molecule has 1 saturated heterocycles. The molecule has 2 aromatic rings. The molecule has 1 unspecified atom stereocenters. The Labute approximate surface area is 175 Å². The molecule has 1 aliphatic heterocycles. The Morgan fingerprint density at radius 1 is 1.42 bits per heavy atom. The maximum atomic E-state index is 12.1. The standard InChI is InChI=1S/C16H22N5O9P/c17-8(3-13(23)24)16(25)28-7-31(26,27)29-5-11-10(22)4-12(30-11)21-6-20-14-9(21)1-2-19-15(14)18/h1-2,6,8,10-12,22H,3-5,7,17H2,(H2,18,19)(H,23,24)(H,26,27)/t8-,10-,11+,12+/m0/s1. The van der Waals surface area contributed by atoms with Crippen LogP contribution in [0.25, 0.3) is 11.0 Å². The number of nitrogens with two attached hydrogens (primary N) is 2. The highest BCUT2D eigenvalue weighted by Crippen LogP contribution is 2.43. The van der Waals surface area contributed by atoms with E-state index < -0.39 is 63.4 Å². The van der Waals surface area contributed by atoms with Gasteiger partial charge in [0.05, 0.1) is 31.0 Å². The van der Waals surface area contributed by atoms with E-state index in [1.807, 2.05) is 0 Å². The quantitative estimate of drug-likeness (QED) is 0.228. The molecule has 170 valence electrons. The predicted octanol–water partition coefficient (Wildman–Crippen LogP) is -0.833. The minimum Gasteiger partial charge on any atom is -0.481 e. The number of aliphatic hydroxyl groups is 1. The fourth-order valence-corrected chi connectivity index (χ4v) is 3.74. The van der Waals surface area contributed by atoms with Gasteiger partial charge in [-0.15, -0.1) is 0 Å². The number of carbonyl (C=O) groups excluding carboxylic acids is 1. The lowest BCUT2D eigenvalue weighted by atomic mass is 10.2. The molecule has 3 rings (SSSR count). The lowest BCUT2D eigenvalue weighted by Crippen LogP contribution is -2.34. The van der Waals surface area contributed by atoms with Gasteiger partial charge in [0, 0.05) is 12.6 Å². The van der Waals surface area contributed by atoms with E-state index in [1.165, 1.54) is 12.5 Å². The number of esters is 1. The van der Waals surface area contributed by atoms with Crippen molar-refractivity contribution in [1.29, 1.82) is 0 Å². The van der Waals surface area contributed by atoms with E-state index in [-0.39, 0.29) is 12.2 Å². The third-order valence-electron chi connectivity index (χ3n) is 4.54. The molecule has 2 aromatic heterocycles. The van der Waals surface area contributed by atoms with Crippen molar-refractivity contribution in [2.24, 2.45) is 5.73 Å². The number of fused-ring (bicyclic) bond motifs is 1. The summed E-state index contributed by atoms with van der Waals surface area (Å²) in [5.74, 6) is -2.23. The molecular formula is C16H22N5O9P. The molecule has 3 heterocycles. The molecule has 1 fully saturated rings. The lowest BCUT2D eigenvalue weighted by molar-refractivity contribution is -0.148. The minimum atomic E-state index is -4.41. The van der Waals surface area contributed by atoms with E-state index in [2.05, 4.69) is 14.7 Å². The fraction of sp³-hybridized carbons (Fsp3) is 0.500. The minimum absolute atomic E-state index is 0.163. The molecule has 0 aromatic carbocycles. The molecule has 5 atom stereocenters. The van der Waals surface area contributed by atoms with Crippen LogP contribution in [0.3, 0.4) is 0 Å². The van der Waals surface area contributed by atoms with E-state index in [0.29, 0.717) is 11.0 Å². The van der Waals surface area contributed by atoms with Crippen molar-refractivity contribution in [2.75, 3.05) is 18.7 Å². The second-order valence-electron chi connectivity index (χ2n) is 6.88. The average molecular weight is 459 g/mol. The first-order chi connectivity index (χ1) is 14.6. The zero-order valence-electron chi connectivity index (χ0n) is 16.1. The highest BCUT2D eigenvalue weighted by atomic mass is 31.2. The van der Waals surface area contributed by atoms with Gasteiger partial charge in [-0.25, -0.2) is 9.97 Å². The summed E-state index contributed by atoms with van der Waals surface area (Å²) in [7, 11) is -4.41. The SMILES string of the molecule is Nc1nccc2c1ncn2[C@H]1C[C@H](O)[C@@H](COP(=O)(O)COC(=O)[C@@H](N)CC(=O)O)O1. The van der Waals surface area contributed by atoms with Crippen molar-refractivity contribution in [3.8, 4) is 0 Å². The predicted molar refractivity (Wildman–Crippen MR) is 103 cm³/mol. The number of imidazole rings is 1. The van der Waals surface area contributed by atoms with Crippen LogP contribution in [0.2, 0.25) is 0 Å². The van der Waals surface area contributed by atoms with Gasteiger partial charge in [0.15, 0.2) is 12.2 Å². The Bertz CT molecular complexity index is 1010.